The topological polar surface area (TPSA) is 105 Å². The van der Waals surface area contributed by atoms with E-state index in [-0.39, 0.29) is 45.5 Å². The molecule has 3 aromatic carbocycles. The Balaban J connectivity index is 1.46. The fraction of sp³-hybridized carbons (Fsp3) is 0.406. The Bertz CT molecular complexity index is 1520. The van der Waals surface area contributed by atoms with E-state index in [0.29, 0.717) is 43.4 Å². The Morgan fingerprint density at radius 2 is 1.85 bits per heavy atom. The van der Waals surface area contributed by atoms with Crippen LogP contribution in [0.5, 0.6) is 5.75 Å². The number of carbonyl (C=O) groups is 1. The summed E-state index contributed by atoms with van der Waals surface area (Å²) in [5.41, 5.74) is 5.63. The molecule has 1 fully saturated rings. The number of ether oxygens (including phenoxy) is 1. The van der Waals surface area contributed by atoms with Crippen LogP contribution in [0.3, 0.4) is 0 Å². The van der Waals surface area contributed by atoms with Gasteiger partial charge in [0.15, 0.2) is 5.60 Å². The molecule has 3 aliphatic rings. The normalized spacial score (nSPS) is 26.9. The SMILES string of the molecule is C[C@]1(O)CC[C@H](NC[C@@]2(c3ccccc3)Cc3c(cc(F)c(Cl)c3-c3c(C(N)=O)cc4c(c3F)[C@H](O)CC4)O2)CC1. The van der Waals surface area contributed by atoms with Crippen molar-refractivity contribution in [2.45, 2.75) is 75.2 Å². The number of benzene rings is 3. The molecule has 3 aromatic rings. The van der Waals surface area contributed by atoms with Crippen molar-refractivity contribution >= 4 is 17.5 Å². The molecule has 9 heteroatoms. The number of nitrogens with two attached hydrogens (primary N) is 1. The van der Waals surface area contributed by atoms with Gasteiger partial charge in [0.1, 0.15) is 17.4 Å². The van der Waals surface area contributed by atoms with Gasteiger partial charge in [-0.3, -0.25) is 4.79 Å². The van der Waals surface area contributed by atoms with Crippen LogP contribution in [-0.2, 0) is 18.4 Å². The van der Waals surface area contributed by atoms with Crippen LogP contribution in [0.4, 0.5) is 8.78 Å². The lowest BCUT2D eigenvalue weighted by molar-refractivity contribution is 0.0104. The molecule has 1 amide bonds. The molecule has 41 heavy (non-hydrogen) atoms. The average molecular weight is 583 g/mol. The fourth-order valence-electron chi connectivity index (χ4n) is 6.72. The lowest BCUT2D eigenvalue weighted by Gasteiger charge is -2.36. The minimum Gasteiger partial charge on any atom is -0.480 e. The minimum absolute atomic E-state index is 0.0152. The first kappa shape index (κ1) is 28.1. The maximum atomic E-state index is 16.3. The zero-order chi connectivity index (χ0) is 29.1. The smallest absolute Gasteiger partial charge is 0.249 e. The molecule has 2 aliphatic carbocycles. The summed E-state index contributed by atoms with van der Waals surface area (Å²) >= 11 is 6.56. The highest BCUT2D eigenvalue weighted by Crippen LogP contribution is 2.51. The second-order valence-electron chi connectivity index (χ2n) is 11.9. The van der Waals surface area contributed by atoms with E-state index in [4.69, 9.17) is 22.1 Å². The number of hydrogen-bond acceptors (Lipinski definition) is 5. The number of halogens is 3. The van der Waals surface area contributed by atoms with Crippen molar-refractivity contribution in [3.05, 3.63) is 86.9 Å². The third kappa shape index (κ3) is 4.91. The van der Waals surface area contributed by atoms with Gasteiger partial charge in [0.2, 0.25) is 5.91 Å². The summed E-state index contributed by atoms with van der Waals surface area (Å²) in [7, 11) is 0. The number of primary amides is 1. The molecule has 6 rings (SSSR count). The van der Waals surface area contributed by atoms with Crippen molar-refractivity contribution in [2.75, 3.05) is 6.54 Å². The van der Waals surface area contributed by atoms with Gasteiger partial charge >= 0.3 is 0 Å². The molecular formula is C32H33ClF2N2O4. The largest absolute Gasteiger partial charge is 0.480 e. The predicted molar refractivity (Wildman–Crippen MR) is 152 cm³/mol. The second kappa shape index (κ2) is 10.3. The van der Waals surface area contributed by atoms with Crippen molar-refractivity contribution in [3.8, 4) is 16.9 Å². The maximum Gasteiger partial charge on any atom is 0.249 e. The number of hydrogen-bond donors (Lipinski definition) is 4. The van der Waals surface area contributed by atoms with Crippen LogP contribution in [0, 0.1) is 11.6 Å². The third-order valence-corrected chi connectivity index (χ3v) is 9.39. The number of nitrogens with one attached hydrogen (secondary N) is 1. The summed E-state index contributed by atoms with van der Waals surface area (Å²) in [5, 5.41) is 24.2. The van der Waals surface area contributed by atoms with Gasteiger partial charge in [-0.25, -0.2) is 8.78 Å². The van der Waals surface area contributed by atoms with Crippen molar-refractivity contribution in [1.29, 1.82) is 0 Å². The first-order valence-corrected chi connectivity index (χ1v) is 14.4. The standard InChI is InChI=1S/C32H33ClF2N2O4/c1-31(40)11-9-19(10-12-31)37-16-32(18-5-3-2-4-6-18)15-21-24(41-32)14-22(34)28(33)26(21)27-20(30(36)39)13-17-7-8-23(38)25(17)29(27)35/h2-6,13-14,19,23,37-38,40H,7-12,15-16H2,1H3,(H2,36,39)/t19-,23-,31-,32-/m1/s1. The van der Waals surface area contributed by atoms with E-state index in [0.717, 1.165) is 18.4 Å². The molecule has 0 aromatic heterocycles. The van der Waals surface area contributed by atoms with Crippen molar-refractivity contribution in [2.24, 2.45) is 5.73 Å². The first-order valence-electron chi connectivity index (χ1n) is 14.0. The van der Waals surface area contributed by atoms with Gasteiger partial charge in [-0.2, -0.15) is 0 Å². The first-order chi connectivity index (χ1) is 19.5. The van der Waals surface area contributed by atoms with Crippen LogP contribution < -0.4 is 15.8 Å². The Labute approximate surface area is 242 Å². The number of aliphatic hydroxyl groups excluding tert-OH is 1. The monoisotopic (exact) mass is 582 g/mol. The fourth-order valence-corrected chi connectivity index (χ4v) is 6.98. The van der Waals surface area contributed by atoms with Crippen molar-refractivity contribution in [1.82, 2.24) is 5.32 Å². The van der Waals surface area contributed by atoms with Gasteiger partial charge < -0.3 is 26.0 Å². The van der Waals surface area contributed by atoms with Gasteiger partial charge in [-0.1, -0.05) is 41.9 Å². The zero-order valence-corrected chi connectivity index (χ0v) is 23.5. The molecule has 0 unspecified atom stereocenters. The van der Waals surface area contributed by atoms with E-state index in [1.807, 2.05) is 37.3 Å². The van der Waals surface area contributed by atoms with Gasteiger partial charge in [0, 0.05) is 47.3 Å². The Hall–Kier alpha value is -3.04. The maximum absolute atomic E-state index is 16.3. The van der Waals surface area contributed by atoms with Crippen LogP contribution in [0.25, 0.3) is 11.1 Å². The van der Waals surface area contributed by atoms with Gasteiger partial charge in [-0.05, 0) is 62.6 Å². The molecule has 2 atom stereocenters. The van der Waals surface area contributed by atoms with Gasteiger partial charge in [0.25, 0.3) is 0 Å². The van der Waals surface area contributed by atoms with Gasteiger partial charge in [-0.15, -0.1) is 0 Å². The Morgan fingerprint density at radius 3 is 2.54 bits per heavy atom. The zero-order valence-electron chi connectivity index (χ0n) is 22.8. The number of fused-ring (bicyclic) bond motifs is 2. The quantitative estimate of drug-likeness (QED) is 0.308. The van der Waals surface area contributed by atoms with Crippen molar-refractivity contribution < 1.29 is 28.5 Å². The van der Waals surface area contributed by atoms with Crippen LogP contribution in [0.15, 0.2) is 42.5 Å². The lowest BCUT2D eigenvalue weighted by atomic mass is 9.82. The molecular weight excluding hydrogens is 550 g/mol. The van der Waals surface area contributed by atoms with E-state index in [9.17, 15) is 15.0 Å². The van der Waals surface area contributed by atoms with E-state index >= 15 is 8.78 Å². The number of aryl methyl sites for hydroxylation is 1. The van der Waals surface area contributed by atoms with E-state index < -0.39 is 34.8 Å². The number of rotatable bonds is 6. The van der Waals surface area contributed by atoms with Crippen LogP contribution in [-0.4, -0.2) is 34.3 Å². The van der Waals surface area contributed by atoms with Gasteiger partial charge in [0.05, 0.1) is 22.3 Å². The molecule has 0 radical (unpaired) electrons. The molecule has 1 aliphatic heterocycles. The molecule has 0 saturated heterocycles. The van der Waals surface area contributed by atoms with E-state index in [1.165, 1.54) is 12.1 Å². The van der Waals surface area contributed by atoms with Crippen LogP contribution in [0.2, 0.25) is 5.02 Å². The van der Waals surface area contributed by atoms with Crippen LogP contribution in [0.1, 0.15) is 77.7 Å². The molecule has 0 spiro atoms. The molecule has 1 saturated carbocycles. The van der Waals surface area contributed by atoms with E-state index in [2.05, 4.69) is 5.32 Å². The summed E-state index contributed by atoms with van der Waals surface area (Å²) in [6, 6.07) is 12.4. The highest BCUT2D eigenvalue weighted by Gasteiger charge is 2.45. The second-order valence-corrected chi connectivity index (χ2v) is 12.3. The summed E-state index contributed by atoms with van der Waals surface area (Å²) in [6.45, 7) is 2.22. The Morgan fingerprint density at radius 1 is 1.15 bits per heavy atom. The molecule has 0 bridgehead atoms. The highest BCUT2D eigenvalue weighted by molar-refractivity contribution is 6.34. The highest BCUT2D eigenvalue weighted by atomic mass is 35.5. The lowest BCUT2D eigenvalue weighted by Crippen LogP contribution is -2.48. The number of carbonyl (C=O) groups excluding carboxylic acids is 1. The number of amides is 1. The summed E-state index contributed by atoms with van der Waals surface area (Å²) in [5.74, 6) is -2.31. The molecule has 6 nitrogen and oxygen atoms in total. The summed E-state index contributed by atoms with van der Waals surface area (Å²) in [6.07, 6.45) is 2.81. The minimum atomic E-state index is -1.05. The predicted octanol–water partition coefficient (Wildman–Crippen LogP) is 5.48. The average Bonchev–Trinajstić information content (AvgIpc) is 3.50. The third-order valence-electron chi connectivity index (χ3n) is 9.02. The van der Waals surface area contributed by atoms with Crippen LogP contribution >= 0.6 is 11.6 Å². The molecule has 216 valence electrons. The molecule has 5 N–H and O–H groups in total. The van der Waals surface area contributed by atoms with E-state index in [1.54, 1.807) is 0 Å². The number of aliphatic hydroxyl groups is 2. The molecule has 1 heterocycles. The summed E-state index contributed by atoms with van der Waals surface area (Å²) < 4.78 is 38.2. The summed E-state index contributed by atoms with van der Waals surface area (Å²) in [4.78, 5) is 12.6. The van der Waals surface area contributed by atoms with Crippen molar-refractivity contribution in [3.63, 3.8) is 0 Å². The Kier molecular flexibility index (Phi) is 7.09.